The Morgan fingerprint density at radius 3 is 2.52 bits per heavy atom. The monoisotopic (exact) mass is 370 g/mol. The van der Waals surface area contributed by atoms with Gasteiger partial charge in [0.25, 0.3) is 0 Å². The zero-order valence-corrected chi connectivity index (χ0v) is 16.2. The Morgan fingerprint density at radius 2 is 1.85 bits per heavy atom. The molecule has 3 heterocycles. The van der Waals surface area contributed by atoms with E-state index in [0.29, 0.717) is 17.6 Å². The second kappa shape index (κ2) is 8.85. The van der Waals surface area contributed by atoms with E-state index in [1.54, 1.807) is 0 Å². The molecule has 6 heteroatoms. The van der Waals surface area contributed by atoms with Gasteiger partial charge in [0.05, 0.1) is 6.04 Å². The number of ether oxygens (including phenoxy) is 1. The minimum Gasteiger partial charge on any atom is -0.381 e. The molecule has 4 rings (SSSR count). The summed E-state index contributed by atoms with van der Waals surface area (Å²) < 4.78 is 11.0. The van der Waals surface area contributed by atoms with Crippen LogP contribution in [-0.2, 0) is 11.3 Å². The van der Waals surface area contributed by atoms with E-state index in [9.17, 15) is 0 Å². The molecule has 0 aliphatic carbocycles. The van der Waals surface area contributed by atoms with Gasteiger partial charge in [-0.25, -0.2) is 0 Å². The smallest absolute Gasteiger partial charge is 0.244 e. The summed E-state index contributed by atoms with van der Waals surface area (Å²) >= 11 is 0. The second-order valence-electron chi connectivity index (χ2n) is 7.70. The van der Waals surface area contributed by atoms with Crippen LogP contribution in [0.1, 0.15) is 55.4 Å². The van der Waals surface area contributed by atoms with E-state index in [1.165, 1.54) is 43.6 Å². The standard InChI is InChI=1S/C21H30N4O2/c1-16-23-21(27-24-16)20(18-9-13-26-14-10-18)22-15-17-5-7-19(8-6-17)25-11-3-2-4-12-25/h5-8,18,20,22H,2-4,9-15H2,1H3. The summed E-state index contributed by atoms with van der Waals surface area (Å²) in [4.78, 5) is 6.98. The molecule has 0 radical (unpaired) electrons. The van der Waals surface area contributed by atoms with Gasteiger partial charge in [-0.3, -0.25) is 0 Å². The summed E-state index contributed by atoms with van der Waals surface area (Å²) in [7, 11) is 0. The van der Waals surface area contributed by atoms with E-state index in [-0.39, 0.29) is 6.04 Å². The van der Waals surface area contributed by atoms with Crippen LogP contribution in [0.4, 0.5) is 5.69 Å². The fourth-order valence-electron chi connectivity index (χ4n) is 4.15. The Kier molecular flexibility index (Phi) is 6.04. The maximum absolute atomic E-state index is 5.53. The highest BCUT2D eigenvalue weighted by molar-refractivity contribution is 5.47. The van der Waals surface area contributed by atoms with E-state index in [1.807, 2.05) is 6.92 Å². The molecule has 2 aliphatic heterocycles. The largest absolute Gasteiger partial charge is 0.381 e. The SMILES string of the molecule is Cc1noc(C(NCc2ccc(N3CCCCC3)cc2)C2CCOCC2)n1. The van der Waals surface area contributed by atoms with Crippen molar-refractivity contribution < 1.29 is 9.26 Å². The van der Waals surface area contributed by atoms with Crippen molar-refractivity contribution in [1.82, 2.24) is 15.5 Å². The first kappa shape index (κ1) is 18.4. The molecule has 0 saturated carbocycles. The molecule has 2 fully saturated rings. The molecule has 2 aliphatic rings. The van der Waals surface area contributed by atoms with Crippen LogP contribution in [0.2, 0.25) is 0 Å². The summed E-state index contributed by atoms with van der Waals surface area (Å²) in [5.74, 6) is 1.85. The van der Waals surface area contributed by atoms with Gasteiger partial charge in [0.2, 0.25) is 5.89 Å². The van der Waals surface area contributed by atoms with Gasteiger partial charge >= 0.3 is 0 Å². The van der Waals surface area contributed by atoms with Crippen molar-refractivity contribution in [1.29, 1.82) is 0 Å². The van der Waals surface area contributed by atoms with Gasteiger partial charge in [0, 0.05) is 38.5 Å². The van der Waals surface area contributed by atoms with E-state index < -0.39 is 0 Å². The Hall–Kier alpha value is -1.92. The van der Waals surface area contributed by atoms with Gasteiger partial charge < -0.3 is 19.5 Å². The second-order valence-corrected chi connectivity index (χ2v) is 7.70. The highest BCUT2D eigenvalue weighted by atomic mass is 16.5. The van der Waals surface area contributed by atoms with Crippen molar-refractivity contribution in [2.75, 3.05) is 31.2 Å². The molecule has 0 amide bonds. The third-order valence-electron chi connectivity index (χ3n) is 5.73. The molecule has 1 atom stereocenters. The predicted octanol–water partition coefficient (Wildman–Crippen LogP) is 3.63. The third kappa shape index (κ3) is 4.68. The van der Waals surface area contributed by atoms with Crippen molar-refractivity contribution in [3.05, 3.63) is 41.5 Å². The fourth-order valence-corrected chi connectivity index (χ4v) is 4.15. The van der Waals surface area contributed by atoms with Crippen LogP contribution in [0.15, 0.2) is 28.8 Å². The maximum atomic E-state index is 5.53. The lowest BCUT2D eigenvalue weighted by molar-refractivity contribution is 0.0485. The molecule has 1 aromatic heterocycles. The number of aryl methyl sites for hydroxylation is 1. The molecule has 0 bridgehead atoms. The molecule has 1 aromatic carbocycles. The van der Waals surface area contributed by atoms with Crippen LogP contribution < -0.4 is 10.2 Å². The topological polar surface area (TPSA) is 63.4 Å². The Bertz CT molecular complexity index is 703. The molecular weight excluding hydrogens is 340 g/mol. The number of nitrogens with zero attached hydrogens (tertiary/aromatic N) is 3. The number of hydrogen-bond donors (Lipinski definition) is 1. The lowest BCUT2D eigenvalue weighted by Crippen LogP contribution is -2.32. The van der Waals surface area contributed by atoms with Crippen LogP contribution in [0.25, 0.3) is 0 Å². The van der Waals surface area contributed by atoms with Gasteiger partial charge in [-0.2, -0.15) is 4.98 Å². The van der Waals surface area contributed by atoms with Gasteiger partial charge in [-0.15, -0.1) is 0 Å². The number of benzene rings is 1. The minimum atomic E-state index is 0.0804. The van der Waals surface area contributed by atoms with Crippen LogP contribution >= 0.6 is 0 Å². The number of nitrogens with one attached hydrogen (secondary N) is 1. The number of rotatable bonds is 6. The average molecular weight is 370 g/mol. The number of piperidine rings is 1. The highest BCUT2D eigenvalue weighted by Gasteiger charge is 2.29. The van der Waals surface area contributed by atoms with Crippen LogP contribution in [0, 0.1) is 12.8 Å². The summed E-state index contributed by atoms with van der Waals surface area (Å²) in [6.45, 7) is 6.64. The van der Waals surface area contributed by atoms with Crippen molar-refractivity contribution >= 4 is 5.69 Å². The van der Waals surface area contributed by atoms with E-state index in [4.69, 9.17) is 9.26 Å². The van der Waals surface area contributed by atoms with Crippen molar-refractivity contribution in [2.24, 2.45) is 5.92 Å². The first-order valence-electron chi connectivity index (χ1n) is 10.2. The Morgan fingerprint density at radius 1 is 1.11 bits per heavy atom. The van der Waals surface area contributed by atoms with Crippen LogP contribution in [0.3, 0.4) is 0 Å². The van der Waals surface area contributed by atoms with E-state index in [0.717, 1.165) is 32.6 Å². The minimum absolute atomic E-state index is 0.0804. The predicted molar refractivity (Wildman–Crippen MR) is 105 cm³/mol. The molecule has 2 saturated heterocycles. The molecule has 27 heavy (non-hydrogen) atoms. The van der Waals surface area contributed by atoms with Gasteiger partial charge in [-0.05, 0) is 62.6 Å². The van der Waals surface area contributed by atoms with Crippen molar-refractivity contribution in [3.8, 4) is 0 Å². The molecular formula is C21H30N4O2. The van der Waals surface area contributed by atoms with Crippen molar-refractivity contribution in [3.63, 3.8) is 0 Å². The van der Waals surface area contributed by atoms with Gasteiger partial charge in [0.1, 0.15) is 0 Å². The third-order valence-corrected chi connectivity index (χ3v) is 5.73. The zero-order valence-electron chi connectivity index (χ0n) is 16.2. The summed E-state index contributed by atoms with van der Waals surface area (Å²) in [6.07, 6.45) is 6.01. The summed E-state index contributed by atoms with van der Waals surface area (Å²) in [6, 6.07) is 9.05. The Balaban J connectivity index is 1.40. The normalized spacial score (nSPS) is 20.0. The summed E-state index contributed by atoms with van der Waals surface area (Å²) in [5, 5.41) is 7.66. The fraction of sp³-hybridized carbons (Fsp3) is 0.619. The zero-order chi connectivity index (χ0) is 18.5. The Labute approximate surface area is 161 Å². The lowest BCUT2D eigenvalue weighted by Gasteiger charge is -2.29. The van der Waals surface area contributed by atoms with Gasteiger partial charge in [0.15, 0.2) is 5.82 Å². The summed E-state index contributed by atoms with van der Waals surface area (Å²) in [5.41, 5.74) is 2.62. The number of aromatic nitrogens is 2. The van der Waals surface area contributed by atoms with Gasteiger partial charge in [-0.1, -0.05) is 17.3 Å². The van der Waals surface area contributed by atoms with E-state index >= 15 is 0 Å². The molecule has 1 unspecified atom stereocenters. The highest BCUT2D eigenvalue weighted by Crippen LogP contribution is 2.30. The first-order valence-corrected chi connectivity index (χ1v) is 10.2. The number of anilines is 1. The molecule has 1 N–H and O–H groups in total. The van der Waals surface area contributed by atoms with Crippen LogP contribution in [-0.4, -0.2) is 36.4 Å². The number of hydrogen-bond acceptors (Lipinski definition) is 6. The quantitative estimate of drug-likeness (QED) is 0.838. The van der Waals surface area contributed by atoms with Crippen molar-refractivity contribution in [2.45, 2.75) is 51.6 Å². The maximum Gasteiger partial charge on any atom is 0.244 e. The molecule has 0 spiro atoms. The lowest BCUT2D eigenvalue weighted by atomic mass is 9.91. The van der Waals surface area contributed by atoms with E-state index in [2.05, 4.69) is 44.6 Å². The molecule has 2 aromatic rings. The van der Waals surface area contributed by atoms with Crippen LogP contribution in [0.5, 0.6) is 0 Å². The molecule has 6 nitrogen and oxygen atoms in total. The average Bonchev–Trinajstić information content (AvgIpc) is 3.16. The molecule has 146 valence electrons. The first-order chi connectivity index (χ1) is 13.3.